The number of nitrogens with zero attached hydrogens (tertiary/aromatic N) is 3. The summed E-state index contributed by atoms with van der Waals surface area (Å²) in [6, 6.07) is 34.8. The highest BCUT2D eigenvalue weighted by Crippen LogP contribution is 2.63. The molecule has 0 aromatic heterocycles. The molecule has 0 spiro atoms. The van der Waals surface area contributed by atoms with E-state index in [1.807, 2.05) is 91.0 Å². The number of nitro benzene ring substituents is 1. The Hall–Kier alpha value is -5.96. The van der Waals surface area contributed by atoms with Crippen molar-refractivity contribution in [3.63, 3.8) is 0 Å². The first kappa shape index (κ1) is 27.6. The summed E-state index contributed by atoms with van der Waals surface area (Å²) >= 11 is 0. The highest BCUT2D eigenvalue weighted by molar-refractivity contribution is 6.27. The molecule has 0 radical (unpaired) electrons. The quantitative estimate of drug-likeness (QED) is 0.116. The van der Waals surface area contributed by atoms with Crippen LogP contribution in [0.4, 0.5) is 11.4 Å². The third-order valence-corrected chi connectivity index (χ3v) is 9.66. The summed E-state index contributed by atoms with van der Waals surface area (Å²) in [5.74, 6) is -2.75. The number of imide groups is 1. The Labute approximate surface area is 263 Å². The van der Waals surface area contributed by atoms with Crippen LogP contribution in [-0.2, 0) is 26.2 Å². The van der Waals surface area contributed by atoms with Crippen LogP contribution >= 0.6 is 0 Å². The van der Waals surface area contributed by atoms with Gasteiger partial charge in [-0.3, -0.25) is 24.5 Å². The van der Waals surface area contributed by atoms with Crippen LogP contribution in [0.5, 0.6) is 0 Å². The van der Waals surface area contributed by atoms with Gasteiger partial charge in [-0.2, -0.15) is 5.10 Å². The normalized spacial score (nSPS) is 22.5. The highest BCUT2D eigenvalue weighted by Gasteiger charge is 2.68. The van der Waals surface area contributed by atoms with Crippen molar-refractivity contribution in [1.29, 1.82) is 0 Å². The third-order valence-electron chi connectivity index (χ3n) is 9.66. The summed E-state index contributed by atoms with van der Waals surface area (Å²) in [6.07, 6.45) is 1.58. The minimum absolute atomic E-state index is 0.0457. The van der Waals surface area contributed by atoms with Gasteiger partial charge in [-0.25, -0.2) is 10.3 Å². The molecule has 4 aliphatic rings. The van der Waals surface area contributed by atoms with Gasteiger partial charge >= 0.3 is 0 Å². The topological polar surface area (TPSA) is 122 Å². The van der Waals surface area contributed by atoms with Crippen LogP contribution in [0.25, 0.3) is 10.8 Å². The Morgan fingerprint density at radius 2 is 1.46 bits per heavy atom. The molecule has 224 valence electrons. The standard InChI is InChI=1S/C37H26N4O5/c42-31(20-22-16-18-24(19-17-22)41(45)46)39-38-21-37-28-13-5-3-11-26(28)32(27-12-4-6-14-29(27)37)33-34(37)36(44)40(35(33)43)30-15-7-9-23-8-1-2-10-25(23)30/h1-19,21,32-34H,20H2,(H,39,42)/b38-21-/t32?,33-,34+,37?/m0/s1. The summed E-state index contributed by atoms with van der Waals surface area (Å²) in [5, 5.41) is 17.2. The van der Waals surface area contributed by atoms with E-state index in [0.29, 0.717) is 11.3 Å². The van der Waals surface area contributed by atoms with Gasteiger partial charge in [-0.05, 0) is 39.3 Å². The number of anilines is 1. The van der Waals surface area contributed by atoms with E-state index < -0.39 is 28.1 Å². The van der Waals surface area contributed by atoms with E-state index in [1.165, 1.54) is 29.2 Å². The second-order valence-corrected chi connectivity index (χ2v) is 11.9. The summed E-state index contributed by atoms with van der Waals surface area (Å²) in [4.78, 5) is 54.1. The molecule has 5 aromatic carbocycles. The van der Waals surface area contributed by atoms with E-state index in [9.17, 15) is 24.5 Å². The molecule has 2 bridgehead atoms. The number of carbonyl (C=O) groups excluding carboxylic acids is 3. The molecular formula is C37H26N4O5. The van der Waals surface area contributed by atoms with Crippen LogP contribution < -0.4 is 10.3 Å². The van der Waals surface area contributed by atoms with E-state index in [1.54, 1.807) is 6.21 Å². The lowest BCUT2D eigenvalue weighted by Crippen LogP contribution is -2.54. The van der Waals surface area contributed by atoms with Crippen LogP contribution in [0.3, 0.4) is 0 Å². The Morgan fingerprint density at radius 1 is 0.826 bits per heavy atom. The van der Waals surface area contributed by atoms with Gasteiger partial charge in [0, 0.05) is 29.7 Å². The smallest absolute Gasteiger partial charge is 0.269 e. The molecule has 9 nitrogen and oxygen atoms in total. The molecule has 3 amide bonds. The first-order valence-corrected chi connectivity index (χ1v) is 15.0. The van der Waals surface area contributed by atoms with Gasteiger partial charge in [0.05, 0.1) is 34.3 Å². The molecule has 9 rings (SSSR count). The number of rotatable bonds is 6. The van der Waals surface area contributed by atoms with Crippen molar-refractivity contribution in [3.05, 3.63) is 153 Å². The maximum absolute atomic E-state index is 14.7. The molecule has 1 aliphatic heterocycles. The fourth-order valence-corrected chi connectivity index (χ4v) is 7.86. The first-order chi connectivity index (χ1) is 22.4. The van der Waals surface area contributed by atoms with E-state index in [4.69, 9.17) is 0 Å². The van der Waals surface area contributed by atoms with Gasteiger partial charge < -0.3 is 0 Å². The largest absolute Gasteiger partial charge is 0.274 e. The van der Waals surface area contributed by atoms with E-state index in [-0.39, 0.29) is 29.8 Å². The Kier molecular flexibility index (Phi) is 6.18. The van der Waals surface area contributed by atoms with Gasteiger partial charge in [0.1, 0.15) is 0 Å². The number of nitro groups is 1. The second kappa shape index (κ2) is 10.3. The zero-order valence-corrected chi connectivity index (χ0v) is 24.4. The molecule has 1 heterocycles. The van der Waals surface area contributed by atoms with Crippen LogP contribution in [0.2, 0.25) is 0 Å². The van der Waals surface area contributed by atoms with Gasteiger partial charge in [0.15, 0.2) is 0 Å². The third kappa shape index (κ3) is 3.88. The lowest BCUT2D eigenvalue weighted by molar-refractivity contribution is -0.384. The number of hydrazone groups is 1. The van der Waals surface area contributed by atoms with E-state index in [2.05, 4.69) is 10.5 Å². The molecule has 9 heteroatoms. The maximum atomic E-state index is 14.7. The Bertz CT molecular complexity index is 2090. The Balaban J connectivity index is 1.23. The number of hydrogen-bond acceptors (Lipinski definition) is 6. The van der Waals surface area contributed by atoms with Gasteiger partial charge in [-0.15, -0.1) is 0 Å². The maximum Gasteiger partial charge on any atom is 0.269 e. The average molecular weight is 607 g/mol. The number of carbonyl (C=O) groups is 3. The Morgan fingerprint density at radius 3 is 2.15 bits per heavy atom. The lowest BCUT2D eigenvalue weighted by Gasteiger charge is -2.52. The molecule has 1 fully saturated rings. The molecule has 1 N–H and O–H groups in total. The summed E-state index contributed by atoms with van der Waals surface area (Å²) in [5.41, 5.74) is 6.27. The average Bonchev–Trinajstić information content (AvgIpc) is 3.35. The molecule has 0 unspecified atom stereocenters. The van der Waals surface area contributed by atoms with Gasteiger partial charge in [0.25, 0.3) is 5.69 Å². The number of amides is 3. The molecule has 1 saturated heterocycles. The van der Waals surface area contributed by atoms with Crippen LogP contribution in [0, 0.1) is 22.0 Å². The minimum Gasteiger partial charge on any atom is -0.274 e. The molecule has 5 aromatic rings. The van der Waals surface area contributed by atoms with Crippen LogP contribution in [0.1, 0.15) is 33.7 Å². The van der Waals surface area contributed by atoms with Crippen molar-refractivity contribution >= 4 is 46.1 Å². The predicted octanol–water partition coefficient (Wildman–Crippen LogP) is 5.64. The van der Waals surface area contributed by atoms with Crippen molar-refractivity contribution in [3.8, 4) is 0 Å². The van der Waals surface area contributed by atoms with Crippen molar-refractivity contribution in [2.24, 2.45) is 16.9 Å². The zero-order chi connectivity index (χ0) is 31.6. The summed E-state index contributed by atoms with van der Waals surface area (Å²) in [6.45, 7) is 0. The highest BCUT2D eigenvalue weighted by atomic mass is 16.6. The monoisotopic (exact) mass is 606 g/mol. The van der Waals surface area contributed by atoms with E-state index in [0.717, 1.165) is 33.0 Å². The summed E-state index contributed by atoms with van der Waals surface area (Å²) < 4.78 is 0. The second-order valence-electron chi connectivity index (χ2n) is 11.9. The zero-order valence-electron chi connectivity index (χ0n) is 24.4. The number of benzene rings is 5. The molecule has 46 heavy (non-hydrogen) atoms. The first-order valence-electron chi connectivity index (χ1n) is 15.0. The van der Waals surface area contributed by atoms with Crippen LogP contribution in [-0.4, -0.2) is 28.9 Å². The van der Waals surface area contributed by atoms with E-state index >= 15 is 0 Å². The fourth-order valence-electron chi connectivity index (χ4n) is 7.86. The number of nitrogens with one attached hydrogen (secondary N) is 1. The fraction of sp³-hybridized carbons (Fsp3) is 0.135. The molecule has 0 saturated carbocycles. The van der Waals surface area contributed by atoms with Gasteiger partial charge in [-0.1, -0.05) is 97.1 Å². The van der Waals surface area contributed by atoms with Crippen molar-refractivity contribution < 1.29 is 19.3 Å². The van der Waals surface area contributed by atoms with Crippen molar-refractivity contribution in [1.82, 2.24) is 5.43 Å². The molecule has 2 atom stereocenters. The minimum atomic E-state index is -1.13. The predicted molar refractivity (Wildman–Crippen MR) is 172 cm³/mol. The van der Waals surface area contributed by atoms with Crippen molar-refractivity contribution in [2.75, 3.05) is 4.90 Å². The summed E-state index contributed by atoms with van der Waals surface area (Å²) in [7, 11) is 0. The van der Waals surface area contributed by atoms with Crippen molar-refractivity contribution in [2.45, 2.75) is 17.8 Å². The molecular weight excluding hydrogens is 580 g/mol. The SMILES string of the molecule is O=C(Cc1ccc([N+](=O)[O-])cc1)N/N=C\C12c3ccccc3C(c3ccccc31)[C@@H]1C(=O)N(c3cccc4ccccc34)C(=O)[C@@H]12. The number of non-ortho nitro benzene ring substituents is 1. The number of fused-ring (bicyclic) bond motifs is 1. The van der Waals surface area contributed by atoms with Gasteiger partial charge in [0.2, 0.25) is 17.7 Å². The van der Waals surface area contributed by atoms with Crippen LogP contribution in [0.15, 0.2) is 120 Å². The lowest BCUT2D eigenvalue weighted by atomic mass is 9.47. The number of hydrogen-bond donors (Lipinski definition) is 1. The molecule has 3 aliphatic carbocycles.